The van der Waals surface area contributed by atoms with E-state index in [-0.39, 0.29) is 11.4 Å². The number of hydrogen-bond donors (Lipinski definition) is 2. The van der Waals surface area contributed by atoms with Crippen LogP contribution in [0.4, 0.5) is 0 Å². The van der Waals surface area contributed by atoms with Gasteiger partial charge in [-0.25, -0.2) is 4.79 Å². The van der Waals surface area contributed by atoms with Crippen molar-refractivity contribution >= 4 is 29.0 Å². The van der Waals surface area contributed by atoms with Crippen LogP contribution in [0.1, 0.15) is 10.4 Å². The standard InChI is InChI=1S/C6H4INO4/c7-12-6(11)3-1-4(9)8-5(10)2-3/h1-2H,(H2,8,9,10). The molecule has 0 bridgehead atoms. The third-order valence-corrected chi connectivity index (χ3v) is 1.54. The summed E-state index contributed by atoms with van der Waals surface area (Å²) in [6, 6.07) is 2.16. The Morgan fingerprint density at radius 1 is 1.58 bits per heavy atom. The van der Waals surface area contributed by atoms with Crippen LogP contribution in [0.15, 0.2) is 16.9 Å². The number of aromatic nitrogens is 1. The van der Waals surface area contributed by atoms with Gasteiger partial charge in [-0.2, -0.15) is 0 Å². The Morgan fingerprint density at radius 3 is 2.75 bits per heavy atom. The molecule has 0 saturated heterocycles. The number of aromatic amines is 1. The Morgan fingerprint density at radius 2 is 2.25 bits per heavy atom. The molecule has 5 nitrogen and oxygen atoms in total. The Hall–Kier alpha value is -1.05. The minimum Gasteiger partial charge on any atom is -0.494 e. The van der Waals surface area contributed by atoms with E-state index in [4.69, 9.17) is 5.11 Å². The molecule has 0 amide bonds. The average molecular weight is 281 g/mol. The highest BCUT2D eigenvalue weighted by molar-refractivity contribution is 14.1. The lowest BCUT2D eigenvalue weighted by Crippen LogP contribution is -2.08. The number of aromatic hydroxyl groups is 1. The van der Waals surface area contributed by atoms with Gasteiger partial charge in [0.1, 0.15) is 0 Å². The number of hydrogen-bond acceptors (Lipinski definition) is 4. The van der Waals surface area contributed by atoms with E-state index in [1.165, 1.54) is 23.0 Å². The first-order valence-corrected chi connectivity index (χ1v) is 3.78. The first kappa shape index (κ1) is 9.04. The van der Waals surface area contributed by atoms with Crippen LogP contribution in [0.5, 0.6) is 5.88 Å². The van der Waals surface area contributed by atoms with Crippen molar-refractivity contribution in [3.05, 3.63) is 28.0 Å². The smallest absolute Gasteiger partial charge is 0.347 e. The first-order valence-electron chi connectivity index (χ1n) is 2.89. The van der Waals surface area contributed by atoms with E-state index in [0.717, 1.165) is 12.1 Å². The minimum absolute atomic E-state index is 0.0191. The Kier molecular flexibility index (Phi) is 2.69. The van der Waals surface area contributed by atoms with Gasteiger partial charge in [0.15, 0.2) is 28.9 Å². The van der Waals surface area contributed by atoms with Crippen molar-refractivity contribution in [2.75, 3.05) is 0 Å². The summed E-state index contributed by atoms with van der Waals surface area (Å²) in [5.41, 5.74) is -0.530. The third-order valence-electron chi connectivity index (χ3n) is 1.14. The third kappa shape index (κ3) is 1.97. The van der Waals surface area contributed by atoms with Crippen molar-refractivity contribution < 1.29 is 13.0 Å². The second-order valence-electron chi connectivity index (χ2n) is 1.98. The normalized spacial score (nSPS) is 9.42. The molecule has 6 heteroatoms. The maximum Gasteiger partial charge on any atom is 0.347 e. The van der Waals surface area contributed by atoms with Crippen LogP contribution in [0.3, 0.4) is 0 Å². The minimum atomic E-state index is -0.669. The summed E-state index contributed by atoms with van der Waals surface area (Å²) in [6.45, 7) is 0. The van der Waals surface area contributed by atoms with Crippen molar-refractivity contribution in [1.82, 2.24) is 4.98 Å². The molecule has 64 valence electrons. The van der Waals surface area contributed by atoms with Crippen molar-refractivity contribution in [1.29, 1.82) is 0 Å². The molecule has 0 radical (unpaired) electrons. The first-order chi connectivity index (χ1) is 5.63. The van der Waals surface area contributed by atoms with Gasteiger partial charge in [0.2, 0.25) is 0 Å². The second kappa shape index (κ2) is 3.57. The molecule has 0 aliphatic carbocycles. The number of H-pyrrole nitrogens is 1. The van der Waals surface area contributed by atoms with E-state index in [2.05, 4.69) is 8.05 Å². The van der Waals surface area contributed by atoms with Gasteiger partial charge in [-0.05, 0) is 0 Å². The second-order valence-corrected chi connectivity index (χ2v) is 2.42. The molecule has 0 aromatic carbocycles. The number of halogens is 1. The lowest BCUT2D eigenvalue weighted by atomic mass is 10.3. The van der Waals surface area contributed by atoms with Crippen LogP contribution in [-0.4, -0.2) is 16.1 Å². The average Bonchev–Trinajstić information content (AvgIpc) is 2.01. The zero-order valence-corrected chi connectivity index (χ0v) is 7.86. The van der Waals surface area contributed by atoms with E-state index < -0.39 is 11.5 Å². The highest BCUT2D eigenvalue weighted by atomic mass is 127. The predicted molar refractivity (Wildman–Crippen MR) is 48.2 cm³/mol. The summed E-state index contributed by atoms with van der Waals surface area (Å²) < 4.78 is 4.31. The van der Waals surface area contributed by atoms with Gasteiger partial charge in [-0.1, -0.05) is 0 Å². The molecule has 12 heavy (non-hydrogen) atoms. The maximum absolute atomic E-state index is 10.8. The molecule has 0 spiro atoms. The van der Waals surface area contributed by atoms with Gasteiger partial charge >= 0.3 is 5.97 Å². The molecule has 0 aliphatic heterocycles. The van der Waals surface area contributed by atoms with Gasteiger partial charge in [0, 0.05) is 12.1 Å². The summed E-state index contributed by atoms with van der Waals surface area (Å²) in [5, 5.41) is 8.87. The lowest BCUT2D eigenvalue weighted by molar-refractivity contribution is 0.0799. The number of pyridine rings is 1. The van der Waals surface area contributed by atoms with Crippen LogP contribution < -0.4 is 5.56 Å². The molecule has 1 aromatic heterocycles. The topological polar surface area (TPSA) is 79.4 Å². The highest BCUT2D eigenvalue weighted by Gasteiger charge is 2.07. The highest BCUT2D eigenvalue weighted by Crippen LogP contribution is 2.06. The summed E-state index contributed by atoms with van der Waals surface area (Å²) >= 11 is 1.40. The number of carbonyl (C=O) groups is 1. The molecule has 1 heterocycles. The maximum atomic E-state index is 10.8. The Bertz CT molecular complexity index is 359. The van der Waals surface area contributed by atoms with Crippen molar-refractivity contribution in [2.45, 2.75) is 0 Å². The summed E-state index contributed by atoms with van der Waals surface area (Å²) in [4.78, 5) is 23.6. The van der Waals surface area contributed by atoms with Crippen LogP contribution in [0.2, 0.25) is 0 Å². The van der Waals surface area contributed by atoms with Crippen LogP contribution in [0.25, 0.3) is 0 Å². The molecule has 0 fully saturated rings. The zero-order chi connectivity index (χ0) is 9.14. The van der Waals surface area contributed by atoms with E-state index in [0.29, 0.717) is 0 Å². The fourth-order valence-corrected chi connectivity index (χ4v) is 0.945. The Labute approximate surface area is 81.1 Å². The molecule has 0 saturated carbocycles. The molecule has 1 aromatic rings. The van der Waals surface area contributed by atoms with E-state index in [9.17, 15) is 9.59 Å². The SMILES string of the molecule is O=C(OI)c1cc(O)[nH]c(=O)c1. The molecular formula is C6H4INO4. The molecule has 0 aliphatic rings. The molecule has 1 rings (SSSR count). The van der Waals surface area contributed by atoms with Gasteiger partial charge in [0.05, 0.1) is 5.56 Å². The monoisotopic (exact) mass is 281 g/mol. The van der Waals surface area contributed by atoms with Crippen molar-refractivity contribution in [3.8, 4) is 5.88 Å². The van der Waals surface area contributed by atoms with Gasteiger partial charge in [-0.3, -0.25) is 9.78 Å². The quantitative estimate of drug-likeness (QED) is 0.738. The van der Waals surface area contributed by atoms with E-state index >= 15 is 0 Å². The summed E-state index contributed by atoms with van der Waals surface area (Å²) in [7, 11) is 0. The van der Waals surface area contributed by atoms with Gasteiger partial charge in [-0.15, -0.1) is 0 Å². The Balaban J connectivity index is 3.17. The van der Waals surface area contributed by atoms with Crippen molar-refractivity contribution in [3.63, 3.8) is 0 Å². The van der Waals surface area contributed by atoms with Crippen molar-refractivity contribution in [2.24, 2.45) is 0 Å². The van der Waals surface area contributed by atoms with Gasteiger partial charge in [0.25, 0.3) is 5.56 Å². The number of nitrogens with one attached hydrogen (secondary N) is 1. The van der Waals surface area contributed by atoms with Crippen LogP contribution in [-0.2, 0) is 3.07 Å². The zero-order valence-electron chi connectivity index (χ0n) is 5.70. The molecule has 0 atom stereocenters. The lowest BCUT2D eigenvalue weighted by Gasteiger charge is -1.96. The fourth-order valence-electron chi connectivity index (χ4n) is 0.691. The fraction of sp³-hybridized carbons (Fsp3) is 0. The van der Waals surface area contributed by atoms with Crippen LogP contribution >= 0.6 is 23.0 Å². The van der Waals surface area contributed by atoms with Gasteiger partial charge < -0.3 is 8.17 Å². The molecule has 0 unspecified atom stereocenters. The largest absolute Gasteiger partial charge is 0.494 e. The van der Waals surface area contributed by atoms with E-state index in [1.807, 2.05) is 0 Å². The number of rotatable bonds is 1. The predicted octanol–water partition coefficient (Wildman–Crippen LogP) is 0.587. The summed E-state index contributed by atoms with van der Waals surface area (Å²) in [6.07, 6.45) is 0. The van der Waals surface area contributed by atoms with Crippen LogP contribution in [0, 0.1) is 0 Å². The number of carbonyl (C=O) groups excluding carboxylic acids is 1. The molecule has 2 N–H and O–H groups in total. The molecular weight excluding hydrogens is 277 g/mol. The summed E-state index contributed by atoms with van der Waals surface area (Å²) in [5.74, 6) is -1.03. The van der Waals surface area contributed by atoms with E-state index in [1.54, 1.807) is 0 Å².